The molecule has 0 saturated carbocycles. The van der Waals surface area contributed by atoms with Crippen molar-refractivity contribution in [3.63, 3.8) is 0 Å². The molecule has 1 aromatic rings. The van der Waals surface area contributed by atoms with Crippen molar-refractivity contribution >= 4 is 38.8 Å². The largest absolute Gasteiger partial charge is 0.389 e. The van der Waals surface area contributed by atoms with Crippen molar-refractivity contribution in [2.75, 3.05) is 11.4 Å². The van der Waals surface area contributed by atoms with Crippen molar-refractivity contribution in [2.24, 2.45) is 5.73 Å². The first-order valence-corrected chi connectivity index (χ1v) is 8.03. The molecule has 0 bridgehead atoms. The van der Waals surface area contributed by atoms with Crippen molar-refractivity contribution < 1.29 is 0 Å². The molecule has 0 aliphatic heterocycles. The second-order valence-electron chi connectivity index (χ2n) is 5.02. The molecule has 19 heavy (non-hydrogen) atoms. The van der Waals surface area contributed by atoms with E-state index in [2.05, 4.69) is 47.7 Å². The van der Waals surface area contributed by atoms with Crippen LogP contribution in [0.2, 0.25) is 0 Å². The lowest BCUT2D eigenvalue weighted by molar-refractivity contribution is 0.625. The summed E-state index contributed by atoms with van der Waals surface area (Å²) < 4.78 is 1.01. The summed E-state index contributed by atoms with van der Waals surface area (Å²) in [6, 6.07) is 6.59. The zero-order valence-corrected chi connectivity index (χ0v) is 14.4. The lowest BCUT2D eigenvalue weighted by atomic mass is 10.1. The Morgan fingerprint density at radius 1 is 1.37 bits per heavy atom. The molecule has 4 heteroatoms. The van der Waals surface area contributed by atoms with Crippen molar-refractivity contribution in [3.8, 4) is 0 Å². The molecule has 0 atom stereocenters. The smallest absolute Gasteiger partial charge is 0.106 e. The van der Waals surface area contributed by atoms with E-state index >= 15 is 0 Å². The number of hydrogen-bond acceptors (Lipinski definition) is 2. The van der Waals surface area contributed by atoms with E-state index in [1.165, 1.54) is 19.3 Å². The normalized spacial score (nSPS) is 10.8. The maximum absolute atomic E-state index is 5.86. The Morgan fingerprint density at radius 3 is 2.58 bits per heavy atom. The number of benzene rings is 1. The SMILES string of the molecule is CCCCCN(c1ccc(Br)cc1C(N)=S)C(C)C. The predicted molar refractivity (Wildman–Crippen MR) is 92.0 cm³/mol. The molecule has 0 aliphatic carbocycles. The van der Waals surface area contributed by atoms with E-state index in [0.29, 0.717) is 11.0 Å². The number of nitrogens with zero attached hydrogens (tertiary/aromatic N) is 1. The van der Waals surface area contributed by atoms with Gasteiger partial charge in [0.05, 0.1) is 0 Å². The summed E-state index contributed by atoms with van der Waals surface area (Å²) in [5.74, 6) is 0. The van der Waals surface area contributed by atoms with E-state index in [1.807, 2.05) is 12.1 Å². The van der Waals surface area contributed by atoms with E-state index in [9.17, 15) is 0 Å². The standard InChI is InChI=1S/C15H23BrN2S/c1-4-5-6-9-18(11(2)3)14-8-7-12(16)10-13(14)15(17)19/h7-8,10-11H,4-6,9H2,1-3H3,(H2,17,19). The Morgan fingerprint density at radius 2 is 2.05 bits per heavy atom. The second-order valence-corrected chi connectivity index (χ2v) is 6.38. The van der Waals surface area contributed by atoms with E-state index in [-0.39, 0.29) is 0 Å². The monoisotopic (exact) mass is 342 g/mol. The number of anilines is 1. The van der Waals surface area contributed by atoms with Gasteiger partial charge in [0.2, 0.25) is 0 Å². The number of rotatable bonds is 7. The van der Waals surface area contributed by atoms with Crippen LogP contribution >= 0.6 is 28.1 Å². The van der Waals surface area contributed by atoms with Gasteiger partial charge in [-0.25, -0.2) is 0 Å². The fraction of sp³-hybridized carbons (Fsp3) is 0.533. The molecule has 0 heterocycles. The van der Waals surface area contributed by atoms with Gasteiger partial charge in [-0.15, -0.1) is 0 Å². The van der Waals surface area contributed by atoms with Gasteiger partial charge in [-0.2, -0.15) is 0 Å². The number of unbranched alkanes of at least 4 members (excludes halogenated alkanes) is 2. The highest BCUT2D eigenvalue weighted by atomic mass is 79.9. The molecule has 0 saturated heterocycles. The third kappa shape index (κ3) is 4.77. The lowest BCUT2D eigenvalue weighted by Gasteiger charge is -2.31. The summed E-state index contributed by atoms with van der Waals surface area (Å²) in [7, 11) is 0. The summed E-state index contributed by atoms with van der Waals surface area (Å²) in [5, 5.41) is 0. The van der Waals surface area contributed by atoms with Gasteiger partial charge in [0, 0.05) is 28.3 Å². The van der Waals surface area contributed by atoms with E-state index < -0.39 is 0 Å². The Bertz CT molecular complexity index is 432. The fourth-order valence-corrected chi connectivity index (χ4v) is 2.67. The summed E-state index contributed by atoms with van der Waals surface area (Å²) >= 11 is 8.66. The quantitative estimate of drug-likeness (QED) is 0.584. The van der Waals surface area contributed by atoms with Gasteiger partial charge in [-0.1, -0.05) is 47.9 Å². The van der Waals surface area contributed by atoms with Gasteiger partial charge >= 0.3 is 0 Å². The molecule has 0 amide bonds. The first-order valence-electron chi connectivity index (χ1n) is 6.83. The summed E-state index contributed by atoms with van der Waals surface area (Å²) in [6.45, 7) is 7.68. The van der Waals surface area contributed by atoms with Crippen LogP contribution in [0.25, 0.3) is 0 Å². The van der Waals surface area contributed by atoms with Crippen molar-refractivity contribution in [1.29, 1.82) is 0 Å². The summed E-state index contributed by atoms with van der Waals surface area (Å²) in [4.78, 5) is 2.84. The number of nitrogens with two attached hydrogens (primary N) is 1. The van der Waals surface area contributed by atoms with E-state index in [0.717, 1.165) is 22.3 Å². The van der Waals surface area contributed by atoms with E-state index in [1.54, 1.807) is 0 Å². The maximum Gasteiger partial charge on any atom is 0.106 e. The topological polar surface area (TPSA) is 29.3 Å². The van der Waals surface area contributed by atoms with Crippen LogP contribution in [0.15, 0.2) is 22.7 Å². The van der Waals surface area contributed by atoms with E-state index in [4.69, 9.17) is 18.0 Å². The zero-order chi connectivity index (χ0) is 14.4. The second kappa shape index (κ2) is 7.85. The molecule has 0 aliphatic rings. The predicted octanol–water partition coefficient (Wildman–Crippen LogP) is 4.49. The summed E-state index contributed by atoms with van der Waals surface area (Å²) in [5.41, 5.74) is 7.95. The lowest BCUT2D eigenvalue weighted by Crippen LogP contribution is -2.33. The van der Waals surface area contributed by atoms with Gasteiger partial charge in [-0.05, 0) is 38.5 Å². The number of thiocarbonyl (C=S) groups is 1. The Labute approximate surface area is 130 Å². The van der Waals surface area contributed by atoms with Gasteiger partial charge in [0.25, 0.3) is 0 Å². The first-order chi connectivity index (χ1) is 8.97. The Kier molecular flexibility index (Phi) is 6.80. The maximum atomic E-state index is 5.86. The average Bonchev–Trinajstić information content (AvgIpc) is 2.35. The molecule has 2 nitrogen and oxygen atoms in total. The van der Waals surface area contributed by atoms with Crippen LogP contribution in [0.5, 0.6) is 0 Å². The van der Waals surface area contributed by atoms with Gasteiger partial charge in [0.15, 0.2) is 0 Å². The van der Waals surface area contributed by atoms with Crippen LogP contribution in [-0.4, -0.2) is 17.6 Å². The number of halogens is 1. The summed E-state index contributed by atoms with van der Waals surface area (Å²) in [6.07, 6.45) is 3.68. The molecule has 2 N–H and O–H groups in total. The highest BCUT2D eigenvalue weighted by Gasteiger charge is 2.15. The molecule has 1 aromatic carbocycles. The molecular formula is C15H23BrN2S. The minimum absolute atomic E-state index is 0.436. The molecule has 0 aromatic heterocycles. The van der Waals surface area contributed by atoms with Crippen molar-refractivity contribution in [1.82, 2.24) is 0 Å². The molecule has 1 rings (SSSR count). The van der Waals surface area contributed by atoms with Crippen LogP contribution in [0.1, 0.15) is 45.6 Å². The highest BCUT2D eigenvalue weighted by molar-refractivity contribution is 9.10. The van der Waals surface area contributed by atoms with Gasteiger partial charge in [-0.3, -0.25) is 0 Å². The molecule has 0 radical (unpaired) electrons. The average molecular weight is 343 g/mol. The third-order valence-electron chi connectivity index (χ3n) is 3.16. The molecule has 0 spiro atoms. The van der Waals surface area contributed by atoms with Gasteiger partial charge < -0.3 is 10.6 Å². The van der Waals surface area contributed by atoms with Crippen molar-refractivity contribution in [3.05, 3.63) is 28.2 Å². The molecule has 106 valence electrons. The third-order valence-corrected chi connectivity index (χ3v) is 3.87. The van der Waals surface area contributed by atoms with Crippen LogP contribution in [0.3, 0.4) is 0 Å². The molecular weight excluding hydrogens is 320 g/mol. The fourth-order valence-electron chi connectivity index (χ4n) is 2.15. The minimum Gasteiger partial charge on any atom is -0.389 e. The minimum atomic E-state index is 0.436. The van der Waals surface area contributed by atoms with Crippen LogP contribution in [0, 0.1) is 0 Å². The van der Waals surface area contributed by atoms with Crippen LogP contribution < -0.4 is 10.6 Å². The van der Waals surface area contributed by atoms with Crippen molar-refractivity contribution in [2.45, 2.75) is 46.1 Å². The van der Waals surface area contributed by atoms with Crippen LogP contribution in [-0.2, 0) is 0 Å². The molecule has 0 fully saturated rings. The zero-order valence-electron chi connectivity index (χ0n) is 11.9. The first kappa shape index (κ1) is 16.4. The highest BCUT2D eigenvalue weighted by Crippen LogP contribution is 2.26. The Balaban J connectivity index is 3.04. The van der Waals surface area contributed by atoms with Gasteiger partial charge in [0.1, 0.15) is 4.99 Å². The van der Waals surface area contributed by atoms with Crippen LogP contribution in [0.4, 0.5) is 5.69 Å². The Hall–Kier alpha value is -0.610. The molecule has 0 unspecified atom stereocenters. The number of hydrogen-bond donors (Lipinski definition) is 1.